The van der Waals surface area contributed by atoms with Gasteiger partial charge < -0.3 is 62.4 Å². The molecular weight excluding hydrogens is 868 g/mol. The van der Waals surface area contributed by atoms with Crippen LogP contribution in [0.3, 0.4) is 0 Å². The normalized spacial score (nSPS) is 9.55. The van der Waals surface area contributed by atoms with E-state index in [9.17, 15) is 33.6 Å². The van der Waals surface area contributed by atoms with E-state index in [1.54, 1.807) is 0 Å². The van der Waals surface area contributed by atoms with Crippen LogP contribution in [-0.2, 0) is 80.9 Å². The Morgan fingerprint density at radius 1 is 0.318 bits per heavy atom. The summed E-state index contributed by atoms with van der Waals surface area (Å²) in [6.45, 7) is 24.3. The van der Waals surface area contributed by atoms with Crippen molar-refractivity contribution in [1.82, 2.24) is 0 Å². The molecule has 0 aliphatic heterocycles. The fraction of sp³-hybridized carbons (Fsp3) is 0.681. The van der Waals surface area contributed by atoms with Crippen molar-refractivity contribution in [3.05, 3.63) is 50.6 Å². The Morgan fingerprint density at radius 2 is 0.545 bits per heavy atom. The molecule has 0 aliphatic carbocycles. The summed E-state index contributed by atoms with van der Waals surface area (Å²) in [5, 5.41) is 16.9. The number of ketones is 1. The number of carbonyl (C=O) groups excluding carboxylic acids is 7. The molecule has 0 unspecified atom stereocenters. The van der Waals surface area contributed by atoms with Crippen LogP contribution in [0.1, 0.15) is 105 Å². The minimum Gasteiger partial charge on any atom is -0.466 e. The maximum Gasteiger partial charge on any atom is 0.330 e. The van der Waals surface area contributed by atoms with Crippen LogP contribution in [0.15, 0.2) is 50.6 Å². The molecule has 0 amide bonds. The van der Waals surface area contributed by atoms with Crippen molar-refractivity contribution in [2.75, 3.05) is 106 Å². The van der Waals surface area contributed by atoms with E-state index >= 15 is 0 Å². The lowest BCUT2D eigenvalue weighted by Crippen LogP contribution is -2.13. The Hall–Kier alpha value is -4.79. The van der Waals surface area contributed by atoms with E-state index in [0.29, 0.717) is 72.7 Å². The second-order valence-corrected chi connectivity index (χ2v) is 13.2. The zero-order valence-electron chi connectivity index (χ0n) is 40.3. The molecule has 2 N–H and O–H groups in total. The summed E-state index contributed by atoms with van der Waals surface area (Å²) in [6.07, 6.45) is 17.0. The first-order valence-corrected chi connectivity index (χ1v) is 22.1. The molecule has 0 aromatic carbocycles. The smallest absolute Gasteiger partial charge is 0.330 e. The van der Waals surface area contributed by atoms with Gasteiger partial charge in [0.1, 0.15) is 25.6 Å². The maximum atomic E-state index is 10.7. The molecule has 0 fully saturated rings. The number of hydrogen-bond donors (Lipinski definition) is 2. The molecule has 0 spiro atoms. The summed E-state index contributed by atoms with van der Waals surface area (Å²) in [5.74, 6) is -1.99. The number of hydrogen-bond acceptors (Lipinski definition) is 19. The van der Waals surface area contributed by atoms with Gasteiger partial charge in [-0.1, -0.05) is 77.7 Å². The summed E-state index contributed by atoms with van der Waals surface area (Å²) in [6, 6.07) is 0. The molecule has 0 saturated heterocycles. The minimum absolute atomic E-state index is 0.0109. The monoisotopic (exact) mass is 951 g/mol. The van der Waals surface area contributed by atoms with Crippen molar-refractivity contribution in [3.8, 4) is 0 Å². The quantitative estimate of drug-likeness (QED) is 0.0344. The Morgan fingerprint density at radius 3 is 0.833 bits per heavy atom. The Bertz CT molecular complexity index is 1130. The van der Waals surface area contributed by atoms with Crippen molar-refractivity contribution in [3.63, 3.8) is 0 Å². The van der Waals surface area contributed by atoms with Gasteiger partial charge in [-0.2, -0.15) is 0 Å². The molecule has 384 valence electrons. The molecule has 0 rings (SSSR count). The van der Waals surface area contributed by atoms with E-state index in [2.05, 4.69) is 40.5 Å². The molecule has 0 aromatic heterocycles. The van der Waals surface area contributed by atoms with E-state index in [1.165, 1.54) is 39.8 Å². The SMILES string of the molecule is C=CC(=O)OCCCCCCCCO.C=CC(=O)OCCCCCCCCOC(C)=O.C=CC(=O)OCCOCCOCCO.C=CC(=O)OCCOCCOCCOC(C)=O.CC(C)=O. The summed E-state index contributed by atoms with van der Waals surface area (Å²) in [5.41, 5.74) is 0. The van der Waals surface area contributed by atoms with Gasteiger partial charge in [0.2, 0.25) is 0 Å². The largest absolute Gasteiger partial charge is 0.466 e. The first kappa shape index (κ1) is 70.2. The second-order valence-electron chi connectivity index (χ2n) is 13.2. The van der Waals surface area contributed by atoms with Gasteiger partial charge in [-0.05, 0) is 39.5 Å². The van der Waals surface area contributed by atoms with Crippen LogP contribution in [0, 0.1) is 0 Å². The molecule has 0 aliphatic rings. The van der Waals surface area contributed by atoms with Crippen LogP contribution in [-0.4, -0.2) is 158 Å². The molecule has 0 atom stereocenters. The van der Waals surface area contributed by atoms with Gasteiger partial charge in [0, 0.05) is 44.8 Å². The van der Waals surface area contributed by atoms with Crippen LogP contribution in [0.4, 0.5) is 0 Å². The summed E-state index contributed by atoms with van der Waals surface area (Å²) >= 11 is 0. The number of carbonyl (C=O) groups is 7. The van der Waals surface area contributed by atoms with Crippen LogP contribution >= 0.6 is 0 Å². The Kier molecular flexibility index (Phi) is 66.3. The fourth-order valence-electron chi connectivity index (χ4n) is 3.98. The van der Waals surface area contributed by atoms with E-state index in [4.69, 9.17) is 43.4 Å². The van der Waals surface area contributed by atoms with Crippen molar-refractivity contribution < 1.29 is 91.1 Å². The average molecular weight is 951 g/mol. The van der Waals surface area contributed by atoms with Gasteiger partial charge in [-0.3, -0.25) is 9.59 Å². The number of aliphatic hydroxyl groups is 2. The molecule has 19 nitrogen and oxygen atoms in total. The fourth-order valence-corrected chi connectivity index (χ4v) is 3.98. The van der Waals surface area contributed by atoms with Gasteiger partial charge in [-0.25, -0.2) is 19.2 Å². The topological polar surface area (TPSA) is 252 Å². The molecule has 0 aromatic rings. The minimum atomic E-state index is -0.466. The molecule has 66 heavy (non-hydrogen) atoms. The van der Waals surface area contributed by atoms with Crippen molar-refractivity contribution in [2.24, 2.45) is 0 Å². The molecule has 0 saturated carbocycles. The lowest BCUT2D eigenvalue weighted by atomic mass is 10.1. The molecule has 0 heterocycles. The van der Waals surface area contributed by atoms with Gasteiger partial charge in [0.25, 0.3) is 0 Å². The van der Waals surface area contributed by atoms with Gasteiger partial charge >= 0.3 is 35.8 Å². The molecule has 19 heteroatoms. The first-order chi connectivity index (χ1) is 31.7. The van der Waals surface area contributed by atoms with Crippen LogP contribution in [0.5, 0.6) is 0 Å². The first-order valence-electron chi connectivity index (χ1n) is 22.1. The highest BCUT2D eigenvalue weighted by atomic mass is 16.6. The third-order valence-electron chi connectivity index (χ3n) is 7.01. The highest BCUT2D eigenvalue weighted by Gasteiger charge is 1.99. The number of ether oxygens (including phenoxy) is 10. The van der Waals surface area contributed by atoms with Crippen molar-refractivity contribution >= 4 is 41.6 Å². The highest BCUT2D eigenvalue weighted by molar-refractivity contribution is 5.82. The molecular formula is C47H82O19. The second kappa shape index (κ2) is 62.3. The van der Waals surface area contributed by atoms with E-state index in [0.717, 1.165) is 89.2 Å². The lowest BCUT2D eigenvalue weighted by Gasteiger charge is -2.06. The van der Waals surface area contributed by atoms with Crippen LogP contribution in [0.25, 0.3) is 0 Å². The van der Waals surface area contributed by atoms with E-state index < -0.39 is 11.9 Å². The summed E-state index contributed by atoms with van der Waals surface area (Å²) in [7, 11) is 0. The van der Waals surface area contributed by atoms with Gasteiger partial charge in [0.15, 0.2) is 0 Å². The number of esters is 6. The Labute approximate surface area is 393 Å². The predicted octanol–water partition coefficient (Wildman–Crippen LogP) is 5.32. The maximum absolute atomic E-state index is 10.7. The number of unbranched alkanes of at least 4 members (excludes halogenated alkanes) is 10. The van der Waals surface area contributed by atoms with Gasteiger partial charge in [-0.15, -0.1) is 0 Å². The third kappa shape index (κ3) is 82.8. The summed E-state index contributed by atoms with van der Waals surface area (Å²) < 4.78 is 48.7. The predicted molar refractivity (Wildman–Crippen MR) is 247 cm³/mol. The van der Waals surface area contributed by atoms with Crippen molar-refractivity contribution in [2.45, 2.75) is 105 Å². The van der Waals surface area contributed by atoms with Gasteiger partial charge in [0.05, 0.1) is 79.3 Å². The van der Waals surface area contributed by atoms with Crippen LogP contribution < -0.4 is 0 Å². The number of aliphatic hydroxyl groups excluding tert-OH is 2. The Balaban J connectivity index is -0.000000244. The standard InChI is InChI=1S/C13H22O4.C11H18O6.C11H20O3.C9H16O5.C3H6O/c1-3-13(15)17-11-9-7-5-4-6-8-10-16-12(2)14;1-3-11(13)17-9-7-15-5-4-14-6-8-16-10(2)12;1-2-11(13)14-10-8-6-4-3-5-7-9-12;1-2-9(11)14-8-7-13-6-5-12-4-3-10;1-3(2)4/h3H,1,4-11H2,2H3;3H,1,4-9H2,2H3;2,12H,1,3-10H2;2,10H,1,3-8H2;1-2H3. The third-order valence-corrected chi connectivity index (χ3v) is 7.01. The van der Waals surface area contributed by atoms with E-state index in [1.807, 2.05) is 0 Å². The molecule has 0 bridgehead atoms. The summed E-state index contributed by atoms with van der Waals surface area (Å²) in [4.78, 5) is 72.7. The van der Waals surface area contributed by atoms with Crippen molar-refractivity contribution in [1.29, 1.82) is 0 Å². The molecule has 0 radical (unpaired) electrons. The zero-order valence-corrected chi connectivity index (χ0v) is 40.3. The zero-order chi connectivity index (χ0) is 50.7. The van der Waals surface area contributed by atoms with E-state index in [-0.39, 0.29) is 62.7 Å². The highest BCUT2D eigenvalue weighted by Crippen LogP contribution is 2.06. The lowest BCUT2D eigenvalue weighted by molar-refractivity contribution is -0.143. The van der Waals surface area contributed by atoms with Crippen LogP contribution in [0.2, 0.25) is 0 Å². The number of Topliss-reactive ketones (excluding diaryl/α,β-unsaturated/α-hetero) is 1. The average Bonchev–Trinajstić information content (AvgIpc) is 3.29. The number of rotatable bonds is 38.